The molecule has 0 amide bonds. The Balaban J connectivity index is 2.36. The zero-order valence-electron chi connectivity index (χ0n) is 10.6. The second-order valence-electron chi connectivity index (χ2n) is 5.77. The van der Waals surface area contributed by atoms with Crippen molar-refractivity contribution in [1.29, 1.82) is 0 Å². The predicted octanol–water partition coefficient (Wildman–Crippen LogP) is 4.21. The van der Waals surface area contributed by atoms with Gasteiger partial charge in [0.15, 0.2) is 0 Å². The SMILES string of the molecule is Cc1ccc(C2=CC(O)CC(C)(C)C2)cc1Cl. The fourth-order valence-electron chi connectivity index (χ4n) is 2.49. The van der Waals surface area contributed by atoms with Crippen molar-refractivity contribution in [3.63, 3.8) is 0 Å². The van der Waals surface area contributed by atoms with Crippen LogP contribution in [0, 0.1) is 12.3 Å². The molecule has 1 nitrogen and oxygen atoms in total. The molecule has 1 aliphatic rings. The van der Waals surface area contributed by atoms with Crippen LogP contribution in [0.15, 0.2) is 24.3 Å². The van der Waals surface area contributed by atoms with E-state index in [0.29, 0.717) is 0 Å². The number of hydrogen-bond acceptors (Lipinski definition) is 1. The Bertz CT molecular complexity index is 460. The minimum Gasteiger partial charge on any atom is -0.389 e. The lowest BCUT2D eigenvalue weighted by Gasteiger charge is -2.32. The van der Waals surface area contributed by atoms with Gasteiger partial charge in [0.25, 0.3) is 0 Å². The van der Waals surface area contributed by atoms with Crippen LogP contribution < -0.4 is 0 Å². The molecule has 2 rings (SSSR count). The Labute approximate surface area is 108 Å². The number of rotatable bonds is 1. The molecule has 0 saturated heterocycles. The molecule has 1 aromatic carbocycles. The van der Waals surface area contributed by atoms with E-state index < -0.39 is 0 Å². The van der Waals surface area contributed by atoms with Crippen LogP contribution in [0.25, 0.3) is 5.57 Å². The number of benzene rings is 1. The normalized spacial score (nSPS) is 23.4. The molecule has 2 heteroatoms. The summed E-state index contributed by atoms with van der Waals surface area (Å²) in [6.45, 7) is 6.39. The van der Waals surface area contributed by atoms with Gasteiger partial charge < -0.3 is 5.11 Å². The predicted molar refractivity (Wildman–Crippen MR) is 73.2 cm³/mol. The Morgan fingerprint density at radius 2 is 2.06 bits per heavy atom. The first-order valence-corrected chi connectivity index (χ1v) is 6.40. The van der Waals surface area contributed by atoms with Crippen LogP contribution in [0.2, 0.25) is 5.02 Å². The molecule has 0 fully saturated rings. The number of hydrogen-bond donors (Lipinski definition) is 1. The van der Waals surface area contributed by atoms with Crippen molar-refractivity contribution >= 4 is 17.2 Å². The summed E-state index contributed by atoms with van der Waals surface area (Å²) in [5, 5.41) is 10.7. The number of aryl methyl sites for hydroxylation is 1. The molecule has 0 heterocycles. The smallest absolute Gasteiger partial charge is 0.0732 e. The van der Waals surface area contributed by atoms with Crippen LogP contribution in [0.1, 0.15) is 37.8 Å². The van der Waals surface area contributed by atoms with Crippen LogP contribution in [0.4, 0.5) is 0 Å². The Morgan fingerprint density at radius 3 is 2.65 bits per heavy atom. The monoisotopic (exact) mass is 250 g/mol. The van der Waals surface area contributed by atoms with Gasteiger partial charge in [0.05, 0.1) is 6.10 Å². The van der Waals surface area contributed by atoms with Gasteiger partial charge in [-0.25, -0.2) is 0 Å². The fraction of sp³-hybridized carbons (Fsp3) is 0.467. The summed E-state index contributed by atoms with van der Waals surface area (Å²) < 4.78 is 0. The molecular weight excluding hydrogens is 232 g/mol. The number of allylic oxidation sites excluding steroid dienone is 1. The Kier molecular flexibility index (Phi) is 3.33. The minimum atomic E-state index is -0.339. The van der Waals surface area contributed by atoms with Crippen LogP contribution in [-0.2, 0) is 0 Å². The van der Waals surface area contributed by atoms with E-state index in [1.165, 1.54) is 5.57 Å². The summed E-state index contributed by atoms with van der Waals surface area (Å²) in [5.74, 6) is 0. The molecule has 1 aromatic rings. The van der Waals surface area contributed by atoms with Crippen LogP contribution >= 0.6 is 11.6 Å². The molecule has 1 atom stereocenters. The molecule has 1 aliphatic carbocycles. The zero-order chi connectivity index (χ0) is 12.6. The quantitative estimate of drug-likeness (QED) is 0.792. The summed E-state index contributed by atoms with van der Waals surface area (Å²) in [4.78, 5) is 0. The minimum absolute atomic E-state index is 0.154. The van der Waals surface area contributed by atoms with E-state index >= 15 is 0 Å². The van der Waals surface area contributed by atoms with Gasteiger partial charge >= 0.3 is 0 Å². The van der Waals surface area contributed by atoms with E-state index in [9.17, 15) is 5.11 Å². The molecule has 92 valence electrons. The van der Waals surface area contributed by atoms with E-state index in [4.69, 9.17) is 11.6 Å². The molecule has 0 spiro atoms. The first-order valence-electron chi connectivity index (χ1n) is 6.03. The Morgan fingerprint density at radius 1 is 1.35 bits per heavy atom. The summed E-state index contributed by atoms with van der Waals surface area (Å²) in [6, 6.07) is 6.12. The van der Waals surface area contributed by atoms with E-state index in [0.717, 1.165) is 29.0 Å². The van der Waals surface area contributed by atoms with Crippen LogP contribution in [0.3, 0.4) is 0 Å². The molecule has 0 radical (unpaired) electrons. The lowest BCUT2D eigenvalue weighted by Crippen LogP contribution is -2.24. The molecule has 1 N–H and O–H groups in total. The molecule has 0 saturated carbocycles. The first-order chi connectivity index (χ1) is 7.87. The van der Waals surface area contributed by atoms with E-state index in [1.54, 1.807) is 0 Å². The maximum Gasteiger partial charge on any atom is 0.0732 e. The zero-order valence-corrected chi connectivity index (χ0v) is 11.4. The van der Waals surface area contributed by atoms with Crippen LogP contribution in [0.5, 0.6) is 0 Å². The average molecular weight is 251 g/mol. The highest BCUT2D eigenvalue weighted by atomic mass is 35.5. The van der Waals surface area contributed by atoms with E-state index in [2.05, 4.69) is 19.9 Å². The lowest BCUT2D eigenvalue weighted by atomic mass is 9.74. The second-order valence-corrected chi connectivity index (χ2v) is 6.18. The summed E-state index contributed by atoms with van der Waals surface area (Å²) in [5.41, 5.74) is 3.58. The third kappa shape index (κ3) is 2.91. The van der Waals surface area contributed by atoms with E-state index in [-0.39, 0.29) is 11.5 Å². The highest BCUT2D eigenvalue weighted by molar-refractivity contribution is 6.31. The van der Waals surface area contributed by atoms with Crippen molar-refractivity contribution in [3.8, 4) is 0 Å². The maximum atomic E-state index is 9.89. The summed E-state index contributed by atoms with van der Waals surface area (Å²) >= 11 is 6.15. The van der Waals surface area contributed by atoms with Gasteiger partial charge in [-0.1, -0.05) is 43.7 Å². The third-order valence-corrected chi connectivity index (χ3v) is 3.77. The first kappa shape index (κ1) is 12.7. The average Bonchev–Trinajstić information content (AvgIpc) is 2.19. The highest BCUT2D eigenvalue weighted by Crippen LogP contribution is 2.40. The summed E-state index contributed by atoms with van der Waals surface area (Å²) in [6.07, 6.45) is 3.44. The van der Waals surface area contributed by atoms with Crippen molar-refractivity contribution in [2.24, 2.45) is 5.41 Å². The van der Waals surface area contributed by atoms with Gasteiger partial charge in [0, 0.05) is 5.02 Å². The van der Waals surface area contributed by atoms with Crippen molar-refractivity contribution in [3.05, 3.63) is 40.4 Å². The topological polar surface area (TPSA) is 20.2 Å². The third-order valence-electron chi connectivity index (χ3n) is 3.37. The molecule has 0 bridgehead atoms. The maximum absolute atomic E-state index is 9.89. The van der Waals surface area contributed by atoms with Gasteiger partial charge in [-0.3, -0.25) is 0 Å². The molecular formula is C15H19ClO. The molecule has 0 aliphatic heterocycles. The van der Waals surface area contributed by atoms with Gasteiger partial charge in [0.1, 0.15) is 0 Å². The highest BCUT2D eigenvalue weighted by Gasteiger charge is 2.28. The van der Waals surface area contributed by atoms with Crippen LogP contribution in [-0.4, -0.2) is 11.2 Å². The second kappa shape index (κ2) is 4.47. The van der Waals surface area contributed by atoms with Crippen molar-refractivity contribution < 1.29 is 5.11 Å². The van der Waals surface area contributed by atoms with Gasteiger partial charge in [-0.05, 0) is 47.9 Å². The largest absolute Gasteiger partial charge is 0.389 e. The van der Waals surface area contributed by atoms with Gasteiger partial charge in [-0.15, -0.1) is 0 Å². The molecule has 0 aromatic heterocycles. The fourth-order valence-corrected chi connectivity index (χ4v) is 2.68. The number of aliphatic hydroxyl groups excluding tert-OH is 1. The summed E-state index contributed by atoms with van der Waals surface area (Å²) in [7, 11) is 0. The number of aliphatic hydroxyl groups is 1. The van der Waals surface area contributed by atoms with Gasteiger partial charge in [0.2, 0.25) is 0 Å². The van der Waals surface area contributed by atoms with Gasteiger partial charge in [-0.2, -0.15) is 0 Å². The van der Waals surface area contributed by atoms with Crippen molar-refractivity contribution in [1.82, 2.24) is 0 Å². The Hall–Kier alpha value is -0.790. The van der Waals surface area contributed by atoms with Crippen molar-refractivity contribution in [2.75, 3.05) is 0 Å². The van der Waals surface area contributed by atoms with Crippen molar-refractivity contribution in [2.45, 2.75) is 39.7 Å². The standard InChI is InChI=1S/C15H19ClO/c1-10-4-5-11(7-14(10)16)12-6-13(17)9-15(2,3)8-12/h4-7,13,17H,8-9H2,1-3H3. The molecule has 1 unspecified atom stereocenters. The van der Waals surface area contributed by atoms with E-state index in [1.807, 2.05) is 25.1 Å². The lowest BCUT2D eigenvalue weighted by molar-refractivity contribution is 0.146. The number of halogens is 1. The molecule has 17 heavy (non-hydrogen) atoms.